The number of hydrogen-bond acceptors (Lipinski definition) is 5. The van der Waals surface area contributed by atoms with E-state index in [4.69, 9.17) is 4.74 Å². The normalized spacial score (nSPS) is 13.0. The number of carbonyl (C=O) groups is 2. The molecule has 6 heteroatoms. The van der Waals surface area contributed by atoms with Crippen LogP contribution in [0.25, 0.3) is 0 Å². The molecule has 6 nitrogen and oxygen atoms in total. The van der Waals surface area contributed by atoms with Gasteiger partial charge in [0.25, 0.3) is 0 Å². The van der Waals surface area contributed by atoms with Gasteiger partial charge in [0, 0.05) is 12.8 Å². The van der Waals surface area contributed by atoms with Crippen LogP contribution in [0.4, 0.5) is 0 Å². The summed E-state index contributed by atoms with van der Waals surface area (Å²) in [6.45, 7) is 4.79. The van der Waals surface area contributed by atoms with E-state index in [1.165, 1.54) is 135 Å². The zero-order chi connectivity index (χ0) is 36.6. The van der Waals surface area contributed by atoms with Crippen LogP contribution in [-0.4, -0.2) is 47.4 Å². The van der Waals surface area contributed by atoms with Crippen molar-refractivity contribution in [3.05, 3.63) is 24.3 Å². The van der Waals surface area contributed by atoms with Crippen LogP contribution in [0.1, 0.15) is 219 Å². The summed E-state index contributed by atoms with van der Waals surface area (Å²) in [7, 11) is 0. The lowest BCUT2D eigenvalue weighted by Gasteiger charge is -2.20. The highest BCUT2D eigenvalue weighted by Crippen LogP contribution is 2.14. The van der Waals surface area contributed by atoms with Gasteiger partial charge in [0.05, 0.1) is 25.4 Å². The standard InChI is InChI=1S/C44H83NO5/c1-3-5-7-9-11-13-16-20-24-28-32-36-42(47)41(40-46)45-43(48)37-33-29-25-21-18-15-19-23-27-31-35-39-50-44(49)38-34-30-26-22-17-14-12-10-8-6-4-2/h10,12,32,36,41-42,46-47H,3-9,11,13-31,33-35,37-40H2,1-2H3,(H,45,48)/b12-10-,36-32+. The maximum atomic E-state index is 12.3. The van der Waals surface area contributed by atoms with Crippen LogP contribution in [0.5, 0.6) is 0 Å². The van der Waals surface area contributed by atoms with E-state index in [0.717, 1.165) is 57.8 Å². The van der Waals surface area contributed by atoms with Crippen LogP contribution < -0.4 is 5.32 Å². The van der Waals surface area contributed by atoms with E-state index in [-0.39, 0.29) is 18.5 Å². The summed E-state index contributed by atoms with van der Waals surface area (Å²) < 4.78 is 5.42. The molecule has 1 amide bonds. The Morgan fingerprint density at radius 2 is 0.960 bits per heavy atom. The SMILES string of the molecule is CCCC/C=C\CCCCCCCC(=O)OCCCCCCCCCCCCCC(=O)NC(CO)C(O)/C=C/CCCCCCCCCCC. The average molecular weight is 706 g/mol. The summed E-state index contributed by atoms with van der Waals surface area (Å²) in [5.41, 5.74) is 0. The van der Waals surface area contributed by atoms with Gasteiger partial charge in [-0.1, -0.05) is 179 Å². The van der Waals surface area contributed by atoms with E-state index in [1.54, 1.807) is 6.08 Å². The molecule has 0 aromatic carbocycles. The Labute approximate surface area is 310 Å². The van der Waals surface area contributed by atoms with Crippen molar-refractivity contribution in [1.29, 1.82) is 0 Å². The number of aliphatic hydroxyl groups is 2. The fourth-order valence-electron chi connectivity index (χ4n) is 6.32. The lowest BCUT2D eigenvalue weighted by Crippen LogP contribution is -2.45. The summed E-state index contributed by atoms with van der Waals surface area (Å²) in [4.78, 5) is 24.3. The van der Waals surface area contributed by atoms with Gasteiger partial charge in [-0.3, -0.25) is 9.59 Å². The molecule has 294 valence electrons. The first kappa shape index (κ1) is 48.3. The molecule has 0 saturated carbocycles. The van der Waals surface area contributed by atoms with Gasteiger partial charge in [-0.15, -0.1) is 0 Å². The summed E-state index contributed by atoms with van der Waals surface area (Å²) in [6.07, 6.45) is 44.4. The predicted molar refractivity (Wildman–Crippen MR) is 213 cm³/mol. The number of amides is 1. The number of hydrogen-bond donors (Lipinski definition) is 3. The monoisotopic (exact) mass is 706 g/mol. The zero-order valence-electron chi connectivity index (χ0n) is 33.1. The van der Waals surface area contributed by atoms with E-state index in [1.807, 2.05) is 6.08 Å². The van der Waals surface area contributed by atoms with E-state index >= 15 is 0 Å². The van der Waals surface area contributed by atoms with Crippen LogP contribution >= 0.6 is 0 Å². The van der Waals surface area contributed by atoms with Crippen LogP contribution in [0.15, 0.2) is 24.3 Å². The van der Waals surface area contributed by atoms with Crippen molar-refractivity contribution in [3.63, 3.8) is 0 Å². The fraction of sp³-hybridized carbons (Fsp3) is 0.864. The third kappa shape index (κ3) is 36.1. The fourth-order valence-corrected chi connectivity index (χ4v) is 6.32. The Hall–Kier alpha value is -1.66. The minimum Gasteiger partial charge on any atom is -0.466 e. The Bertz CT molecular complexity index is 782. The predicted octanol–water partition coefficient (Wildman–Crippen LogP) is 12.0. The van der Waals surface area contributed by atoms with E-state index < -0.39 is 12.1 Å². The van der Waals surface area contributed by atoms with Crippen LogP contribution in [0.3, 0.4) is 0 Å². The largest absolute Gasteiger partial charge is 0.466 e. The van der Waals surface area contributed by atoms with E-state index in [9.17, 15) is 19.8 Å². The number of rotatable bonds is 39. The van der Waals surface area contributed by atoms with Gasteiger partial charge >= 0.3 is 5.97 Å². The van der Waals surface area contributed by atoms with Crippen LogP contribution in [0.2, 0.25) is 0 Å². The molecule has 0 saturated heterocycles. The zero-order valence-corrected chi connectivity index (χ0v) is 33.1. The number of unbranched alkanes of at least 4 members (excludes halogenated alkanes) is 26. The van der Waals surface area contributed by atoms with Crippen molar-refractivity contribution < 1.29 is 24.5 Å². The van der Waals surface area contributed by atoms with Gasteiger partial charge in [-0.05, 0) is 51.4 Å². The topological polar surface area (TPSA) is 95.9 Å². The van der Waals surface area contributed by atoms with Crippen molar-refractivity contribution in [3.8, 4) is 0 Å². The Morgan fingerprint density at radius 1 is 0.540 bits per heavy atom. The third-order valence-corrected chi connectivity index (χ3v) is 9.72. The van der Waals surface area contributed by atoms with E-state index in [0.29, 0.717) is 19.4 Å². The molecule has 2 unspecified atom stereocenters. The molecule has 0 aromatic rings. The molecule has 0 radical (unpaired) electrons. The molecule has 0 rings (SSSR count). The number of nitrogens with one attached hydrogen (secondary N) is 1. The molecule has 0 aromatic heterocycles. The van der Waals surface area contributed by atoms with Gasteiger partial charge in [0.1, 0.15) is 0 Å². The van der Waals surface area contributed by atoms with Gasteiger partial charge < -0.3 is 20.3 Å². The van der Waals surface area contributed by atoms with Gasteiger partial charge in [-0.25, -0.2) is 0 Å². The molecular weight excluding hydrogens is 622 g/mol. The van der Waals surface area contributed by atoms with Gasteiger partial charge in [0.15, 0.2) is 0 Å². The summed E-state index contributed by atoms with van der Waals surface area (Å²) in [5.74, 6) is -0.118. The maximum Gasteiger partial charge on any atom is 0.305 e. The number of allylic oxidation sites excluding steroid dienone is 3. The smallest absolute Gasteiger partial charge is 0.305 e. The molecule has 3 N–H and O–H groups in total. The summed E-state index contributed by atoms with van der Waals surface area (Å²) in [6, 6.07) is -0.639. The van der Waals surface area contributed by atoms with Crippen molar-refractivity contribution >= 4 is 11.9 Å². The molecule has 0 aliphatic heterocycles. The summed E-state index contributed by atoms with van der Waals surface area (Å²) >= 11 is 0. The molecule has 0 fully saturated rings. The number of aliphatic hydroxyl groups excluding tert-OH is 2. The molecule has 0 bridgehead atoms. The third-order valence-electron chi connectivity index (χ3n) is 9.72. The van der Waals surface area contributed by atoms with Crippen LogP contribution in [-0.2, 0) is 14.3 Å². The second-order valence-electron chi connectivity index (χ2n) is 14.7. The van der Waals surface area contributed by atoms with E-state index in [2.05, 4.69) is 31.3 Å². The maximum absolute atomic E-state index is 12.3. The Balaban J connectivity index is 3.53. The highest BCUT2D eigenvalue weighted by Gasteiger charge is 2.18. The van der Waals surface area contributed by atoms with Crippen molar-refractivity contribution in [2.24, 2.45) is 0 Å². The molecule has 50 heavy (non-hydrogen) atoms. The average Bonchev–Trinajstić information content (AvgIpc) is 3.11. The molecule has 0 heterocycles. The molecule has 0 aliphatic carbocycles. The minimum atomic E-state index is -0.854. The molecule has 0 spiro atoms. The number of carbonyl (C=O) groups excluding carboxylic acids is 2. The Morgan fingerprint density at radius 3 is 1.48 bits per heavy atom. The highest BCUT2D eigenvalue weighted by atomic mass is 16.5. The highest BCUT2D eigenvalue weighted by molar-refractivity contribution is 5.76. The van der Waals surface area contributed by atoms with Gasteiger partial charge in [-0.2, -0.15) is 0 Å². The lowest BCUT2D eigenvalue weighted by atomic mass is 10.0. The molecular formula is C44H83NO5. The second-order valence-corrected chi connectivity index (χ2v) is 14.7. The van der Waals surface area contributed by atoms with Crippen LogP contribution in [0, 0.1) is 0 Å². The van der Waals surface area contributed by atoms with Crippen molar-refractivity contribution in [2.75, 3.05) is 13.2 Å². The van der Waals surface area contributed by atoms with Crippen molar-refractivity contribution in [1.82, 2.24) is 5.32 Å². The molecule has 0 aliphatic rings. The Kier molecular flexibility index (Phi) is 38.8. The molecule has 2 atom stereocenters. The number of ether oxygens (including phenoxy) is 1. The first-order valence-electron chi connectivity index (χ1n) is 21.6. The lowest BCUT2D eigenvalue weighted by molar-refractivity contribution is -0.143. The quantitative estimate of drug-likeness (QED) is 0.0336. The second kappa shape index (κ2) is 40.1. The van der Waals surface area contributed by atoms with Crippen molar-refractivity contribution in [2.45, 2.75) is 231 Å². The first-order chi connectivity index (χ1) is 24.5. The number of esters is 1. The summed E-state index contributed by atoms with van der Waals surface area (Å²) in [5, 5.41) is 22.9. The van der Waals surface area contributed by atoms with Gasteiger partial charge in [0.2, 0.25) is 5.91 Å². The first-order valence-corrected chi connectivity index (χ1v) is 21.6. The minimum absolute atomic E-state index is 0.0277.